The highest BCUT2D eigenvalue weighted by Crippen LogP contribution is 2.25. The molecule has 166 valence electrons. The molecule has 0 aliphatic rings. The summed E-state index contributed by atoms with van der Waals surface area (Å²) >= 11 is 0. The van der Waals surface area contributed by atoms with Crippen LogP contribution >= 0.6 is 0 Å². The van der Waals surface area contributed by atoms with Gasteiger partial charge in [0.05, 0.1) is 5.56 Å². The van der Waals surface area contributed by atoms with Crippen molar-refractivity contribution in [3.05, 3.63) is 59.7 Å². The van der Waals surface area contributed by atoms with Gasteiger partial charge in [-0.1, -0.05) is 5.16 Å². The molecule has 1 aromatic heterocycles. The fourth-order valence-corrected chi connectivity index (χ4v) is 2.68. The molecular formula is C21H16F4N4O3. The van der Waals surface area contributed by atoms with Gasteiger partial charge in [0, 0.05) is 24.1 Å². The van der Waals surface area contributed by atoms with Gasteiger partial charge in [-0.25, -0.2) is 4.39 Å². The molecule has 1 N–H and O–H groups in total. The van der Waals surface area contributed by atoms with Crippen molar-refractivity contribution in [2.24, 2.45) is 0 Å². The van der Waals surface area contributed by atoms with Gasteiger partial charge in [0.1, 0.15) is 17.6 Å². The van der Waals surface area contributed by atoms with E-state index in [9.17, 15) is 22.4 Å². The van der Waals surface area contributed by atoms with Crippen molar-refractivity contribution in [3.63, 3.8) is 0 Å². The van der Waals surface area contributed by atoms with Crippen molar-refractivity contribution < 1.29 is 31.6 Å². The first-order valence-corrected chi connectivity index (χ1v) is 9.35. The molecule has 11 heteroatoms. The Labute approximate surface area is 179 Å². The number of hydrogen-bond acceptors (Lipinski definition) is 6. The Kier molecular flexibility index (Phi) is 7.04. The number of aromatic nitrogens is 2. The monoisotopic (exact) mass is 448 g/mol. The first kappa shape index (κ1) is 22.7. The zero-order chi connectivity index (χ0) is 23.1. The summed E-state index contributed by atoms with van der Waals surface area (Å²) in [6.07, 6.45) is -3.72. The minimum absolute atomic E-state index is 0.0997. The third-order valence-electron chi connectivity index (χ3n) is 4.14. The molecule has 3 aromatic rings. The lowest BCUT2D eigenvalue weighted by Crippen LogP contribution is -2.19. The van der Waals surface area contributed by atoms with E-state index in [1.165, 1.54) is 42.5 Å². The van der Waals surface area contributed by atoms with E-state index in [1.807, 2.05) is 0 Å². The normalized spacial score (nSPS) is 11.1. The van der Waals surface area contributed by atoms with Gasteiger partial charge in [0.15, 0.2) is 6.61 Å². The van der Waals surface area contributed by atoms with E-state index in [0.717, 1.165) is 0 Å². The molecule has 1 heterocycles. The number of nitriles is 1. The standard InChI is InChI=1S/C21H16F4N4O3/c22-15-6-4-13(5-7-15)20-28-19(32-29-20)3-1-2-18(30)27-16-8-9-17(14(10-16)11-26)31-12-21(23,24)25/h4-10H,1-3,12H2,(H,27,30). The Bertz CT molecular complexity index is 1120. The number of benzene rings is 2. The van der Waals surface area contributed by atoms with Gasteiger partial charge in [-0.3, -0.25) is 4.79 Å². The smallest absolute Gasteiger partial charge is 0.422 e. The van der Waals surface area contributed by atoms with Crippen molar-refractivity contribution >= 4 is 11.6 Å². The predicted molar refractivity (Wildman–Crippen MR) is 104 cm³/mol. The highest BCUT2D eigenvalue weighted by molar-refractivity contribution is 5.91. The van der Waals surface area contributed by atoms with E-state index in [1.54, 1.807) is 6.07 Å². The minimum Gasteiger partial charge on any atom is -0.483 e. The molecular weight excluding hydrogens is 432 g/mol. The highest BCUT2D eigenvalue weighted by atomic mass is 19.4. The first-order chi connectivity index (χ1) is 15.2. The number of hydrogen-bond donors (Lipinski definition) is 1. The molecule has 1 amide bonds. The number of carbonyl (C=O) groups excluding carboxylic acids is 1. The number of halogens is 4. The molecule has 0 fully saturated rings. The van der Waals surface area contributed by atoms with Gasteiger partial charge >= 0.3 is 6.18 Å². The van der Waals surface area contributed by atoms with Gasteiger partial charge in [0.25, 0.3) is 0 Å². The molecule has 0 unspecified atom stereocenters. The van der Waals surface area contributed by atoms with E-state index < -0.39 is 12.8 Å². The van der Waals surface area contributed by atoms with Crippen LogP contribution in [0.15, 0.2) is 47.0 Å². The summed E-state index contributed by atoms with van der Waals surface area (Å²) in [5.74, 6) is -0.350. The van der Waals surface area contributed by atoms with Crippen LogP contribution in [0.2, 0.25) is 0 Å². The number of ether oxygens (including phenoxy) is 1. The highest BCUT2D eigenvalue weighted by Gasteiger charge is 2.28. The van der Waals surface area contributed by atoms with Crippen LogP contribution < -0.4 is 10.1 Å². The van der Waals surface area contributed by atoms with Crippen molar-refractivity contribution in [2.45, 2.75) is 25.4 Å². The molecule has 3 rings (SSSR count). The molecule has 0 aliphatic carbocycles. The molecule has 0 saturated carbocycles. The van der Waals surface area contributed by atoms with Crippen LogP contribution in [0.3, 0.4) is 0 Å². The molecule has 0 bridgehead atoms. The van der Waals surface area contributed by atoms with Crippen LogP contribution in [-0.4, -0.2) is 28.8 Å². The van der Waals surface area contributed by atoms with Crippen molar-refractivity contribution in [2.75, 3.05) is 11.9 Å². The van der Waals surface area contributed by atoms with Crippen LogP contribution in [0.1, 0.15) is 24.3 Å². The minimum atomic E-state index is -4.53. The SMILES string of the molecule is N#Cc1cc(NC(=O)CCCc2nc(-c3ccc(F)cc3)no2)ccc1OCC(F)(F)F. The molecule has 7 nitrogen and oxygen atoms in total. The molecule has 0 radical (unpaired) electrons. The van der Waals surface area contributed by atoms with Gasteiger partial charge in [-0.05, 0) is 48.9 Å². The number of nitrogens with one attached hydrogen (secondary N) is 1. The molecule has 0 saturated heterocycles. The lowest BCUT2D eigenvalue weighted by Gasteiger charge is -2.11. The van der Waals surface area contributed by atoms with E-state index in [0.29, 0.717) is 30.1 Å². The van der Waals surface area contributed by atoms with Crippen LogP contribution in [0.4, 0.5) is 23.2 Å². The van der Waals surface area contributed by atoms with Crippen molar-refractivity contribution in [3.8, 4) is 23.2 Å². The second-order valence-electron chi connectivity index (χ2n) is 6.65. The summed E-state index contributed by atoms with van der Waals surface area (Å²) in [5, 5.41) is 15.5. The average Bonchev–Trinajstić information content (AvgIpc) is 3.21. The maximum Gasteiger partial charge on any atom is 0.422 e. The van der Waals surface area contributed by atoms with E-state index >= 15 is 0 Å². The van der Waals surface area contributed by atoms with Gasteiger partial charge in [-0.15, -0.1) is 0 Å². The Balaban J connectivity index is 1.50. The Morgan fingerprint density at radius 3 is 2.62 bits per heavy atom. The molecule has 32 heavy (non-hydrogen) atoms. The van der Waals surface area contributed by atoms with Crippen LogP contribution in [0, 0.1) is 17.1 Å². The summed E-state index contributed by atoms with van der Waals surface area (Å²) in [7, 11) is 0. The van der Waals surface area contributed by atoms with Crippen LogP contribution in [0.5, 0.6) is 5.75 Å². The first-order valence-electron chi connectivity index (χ1n) is 9.35. The Morgan fingerprint density at radius 1 is 1.19 bits per heavy atom. The quantitative estimate of drug-likeness (QED) is 0.504. The number of rotatable bonds is 8. The second kappa shape index (κ2) is 9.91. The maximum absolute atomic E-state index is 13.0. The Hall–Kier alpha value is -3.94. The van der Waals surface area contributed by atoms with Gasteiger partial charge in [-0.2, -0.15) is 23.4 Å². The summed E-state index contributed by atoms with van der Waals surface area (Å²) in [4.78, 5) is 16.3. The summed E-state index contributed by atoms with van der Waals surface area (Å²) < 4.78 is 59.5. The zero-order valence-electron chi connectivity index (χ0n) is 16.4. The number of anilines is 1. The summed E-state index contributed by atoms with van der Waals surface area (Å²) in [6, 6.07) is 11.1. The second-order valence-corrected chi connectivity index (χ2v) is 6.65. The van der Waals surface area contributed by atoms with E-state index in [4.69, 9.17) is 9.78 Å². The largest absolute Gasteiger partial charge is 0.483 e. The average molecular weight is 448 g/mol. The van der Waals surface area contributed by atoms with Gasteiger partial charge in [0.2, 0.25) is 17.6 Å². The van der Waals surface area contributed by atoms with E-state index in [-0.39, 0.29) is 35.1 Å². The molecule has 0 aliphatic heterocycles. The lowest BCUT2D eigenvalue weighted by molar-refractivity contribution is -0.153. The van der Waals surface area contributed by atoms with E-state index in [2.05, 4.69) is 20.2 Å². The molecule has 0 atom stereocenters. The van der Waals surface area contributed by atoms with Gasteiger partial charge < -0.3 is 14.6 Å². The fraction of sp³-hybridized carbons (Fsp3) is 0.238. The van der Waals surface area contributed by atoms with Crippen LogP contribution in [-0.2, 0) is 11.2 Å². The third-order valence-corrected chi connectivity index (χ3v) is 4.14. The zero-order valence-corrected chi connectivity index (χ0v) is 16.4. The van der Waals surface area contributed by atoms with Crippen molar-refractivity contribution in [1.29, 1.82) is 5.26 Å². The number of alkyl halides is 3. The summed E-state index contributed by atoms with van der Waals surface area (Å²) in [6.45, 7) is -1.52. The maximum atomic E-state index is 13.0. The number of amides is 1. The predicted octanol–water partition coefficient (Wildman–Crippen LogP) is 4.65. The number of nitrogens with zero attached hydrogens (tertiary/aromatic N) is 3. The molecule has 0 spiro atoms. The number of carbonyl (C=O) groups is 1. The third kappa shape index (κ3) is 6.53. The van der Waals surface area contributed by atoms with Crippen molar-refractivity contribution in [1.82, 2.24) is 10.1 Å². The summed E-state index contributed by atoms with van der Waals surface area (Å²) in [5.41, 5.74) is 0.712. The van der Waals surface area contributed by atoms with Crippen LogP contribution in [0.25, 0.3) is 11.4 Å². The lowest BCUT2D eigenvalue weighted by atomic mass is 10.1. The topological polar surface area (TPSA) is 101 Å². The fourth-order valence-electron chi connectivity index (χ4n) is 2.68. The number of aryl methyl sites for hydroxylation is 1. The molecule has 2 aromatic carbocycles. The Morgan fingerprint density at radius 2 is 1.94 bits per heavy atom.